The second-order valence-corrected chi connectivity index (χ2v) is 11.7. The Hall–Kier alpha value is -3.16. The Morgan fingerprint density at radius 3 is 2.58 bits per heavy atom. The van der Waals surface area contributed by atoms with Gasteiger partial charge < -0.3 is 14.8 Å². The molecule has 1 N–H and O–H groups in total. The van der Waals surface area contributed by atoms with E-state index in [2.05, 4.69) is 51.7 Å². The molecule has 0 aromatic heterocycles. The van der Waals surface area contributed by atoms with Crippen LogP contribution in [0.5, 0.6) is 11.5 Å². The van der Waals surface area contributed by atoms with E-state index in [9.17, 15) is 4.79 Å². The predicted octanol–water partition coefficient (Wildman–Crippen LogP) is 8.81. The van der Waals surface area contributed by atoms with Crippen LogP contribution in [0.25, 0.3) is 0 Å². The van der Waals surface area contributed by atoms with Crippen molar-refractivity contribution in [2.45, 2.75) is 23.8 Å². The molecular formula is C32H25BrCl2N2O3. The fourth-order valence-corrected chi connectivity index (χ4v) is 6.73. The van der Waals surface area contributed by atoms with Gasteiger partial charge in [-0.2, -0.15) is 0 Å². The molecule has 4 aromatic rings. The molecule has 0 radical (unpaired) electrons. The summed E-state index contributed by atoms with van der Waals surface area (Å²) < 4.78 is 12.2. The van der Waals surface area contributed by atoms with Crippen LogP contribution in [-0.4, -0.2) is 25.8 Å². The van der Waals surface area contributed by atoms with E-state index in [-0.39, 0.29) is 12.0 Å². The molecule has 3 atom stereocenters. The van der Waals surface area contributed by atoms with Crippen molar-refractivity contribution >= 4 is 57.0 Å². The number of carbonyl (C=O) groups is 1. The molecule has 4 aromatic carbocycles. The van der Waals surface area contributed by atoms with Gasteiger partial charge in [-0.05, 0) is 90.8 Å². The minimum atomic E-state index is -0.531. The van der Waals surface area contributed by atoms with Gasteiger partial charge in [0.1, 0.15) is 11.5 Å². The second kappa shape index (κ2) is 11.0. The Balaban J connectivity index is 1.48. The van der Waals surface area contributed by atoms with E-state index in [0.717, 1.165) is 39.8 Å². The number of ether oxygens (including phenoxy) is 2. The van der Waals surface area contributed by atoms with E-state index in [1.165, 1.54) is 7.11 Å². The Morgan fingerprint density at radius 1 is 1.00 bits per heavy atom. The van der Waals surface area contributed by atoms with Gasteiger partial charge >= 0.3 is 5.97 Å². The molecule has 0 unspecified atom stereocenters. The van der Waals surface area contributed by atoms with Crippen molar-refractivity contribution in [3.05, 3.63) is 122 Å². The van der Waals surface area contributed by atoms with Crippen molar-refractivity contribution in [1.82, 2.24) is 5.32 Å². The van der Waals surface area contributed by atoms with Crippen molar-refractivity contribution in [3.8, 4) is 11.5 Å². The molecular weight excluding hydrogens is 611 g/mol. The number of nitrogens with one attached hydrogen (secondary N) is 1. The highest BCUT2D eigenvalue weighted by Gasteiger charge is 2.53. The first-order valence-electron chi connectivity index (χ1n) is 12.9. The van der Waals surface area contributed by atoms with Crippen LogP contribution in [-0.2, 0) is 10.2 Å². The van der Waals surface area contributed by atoms with E-state index < -0.39 is 11.4 Å². The van der Waals surface area contributed by atoms with Gasteiger partial charge in [-0.15, -0.1) is 0 Å². The van der Waals surface area contributed by atoms with Gasteiger partial charge in [-0.25, -0.2) is 4.79 Å². The number of piperidine rings is 1. The summed E-state index contributed by atoms with van der Waals surface area (Å²) in [5.41, 5.74) is 4.03. The Morgan fingerprint density at radius 2 is 1.80 bits per heavy atom. The molecule has 5 nitrogen and oxygen atoms in total. The lowest BCUT2D eigenvalue weighted by Gasteiger charge is -2.47. The van der Waals surface area contributed by atoms with Crippen LogP contribution in [0.15, 0.2) is 94.4 Å². The zero-order chi connectivity index (χ0) is 27.9. The first kappa shape index (κ1) is 27.0. The summed E-state index contributed by atoms with van der Waals surface area (Å²) >= 11 is 16.6. The van der Waals surface area contributed by atoms with E-state index in [1.807, 2.05) is 36.4 Å². The number of esters is 1. The van der Waals surface area contributed by atoms with Crippen molar-refractivity contribution < 1.29 is 14.3 Å². The highest BCUT2D eigenvalue weighted by Crippen LogP contribution is 2.57. The van der Waals surface area contributed by atoms with Crippen LogP contribution < -0.4 is 10.1 Å². The van der Waals surface area contributed by atoms with E-state index in [4.69, 9.17) is 37.7 Å². The third-order valence-electron chi connectivity index (χ3n) is 7.72. The molecule has 1 spiro atoms. The van der Waals surface area contributed by atoms with Gasteiger partial charge in [0.05, 0.1) is 29.8 Å². The zero-order valence-electron chi connectivity index (χ0n) is 21.5. The van der Waals surface area contributed by atoms with E-state index in [0.29, 0.717) is 27.1 Å². The molecule has 0 saturated carbocycles. The molecule has 6 rings (SSSR count). The Bertz CT molecular complexity index is 1630. The summed E-state index contributed by atoms with van der Waals surface area (Å²) in [4.78, 5) is 16.8. The average molecular weight is 636 g/mol. The minimum absolute atomic E-state index is 0.0924. The monoisotopic (exact) mass is 634 g/mol. The summed E-state index contributed by atoms with van der Waals surface area (Å²) in [6, 6.07) is 26.8. The molecule has 2 aliphatic rings. The molecule has 1 saturated heterocycles. The van der Waals surface area contributed by atoms with Crippen LogP contribution >= 0.6 is 39.1 Å². The number of rotatable bonds is 5. The first-order chi connectivity index (χ1) is 19.4. The van der Waals surface area contributed by atoms with E-state index >= 15 is 0 Å². The molecule has 40 heavy (non-hydrogen) atoms. The highest BCUT2D eigenvalue weighted by molar-refractivity contribution is 9.10. The van der Waals surface area contributed by atoms with Gasteiger partial charge in [0.2, 0.25) is 0 Å². The van der Waals surface area contributed by atoms with E-state index in [1.54, 1.807) is 24.3 Å². The SMILES string of the molecule is COC(=O)c1ccc(Oc2ccc(Br)cc2[C@H]2NCC[C@H](c3cccc(Cl)c3)[C@@]23C=Nc2cc(Cl)ccc23)cc1. The number of benzene rings is 4. The molecule has 1 fully saturated rings. The van der Waals surface area contributed by atoms with Crippen molar-refractivity contribution in [3.63, 3.8) is 0 Å². The highest BCUT2D eigenvalue weighted by atomic mass is 79.9. The topological polar surface area (TPSA) is 59.9 Å². The molecule has 2 aliphatic heterocycles. The summed E-state index contributed by atoms with van der Waals surface area (Å²) in [5, 5.41) is 5.16. The third kappa shape index (κ3) is 4.83. The molecule has 2 heterocycles. The quantitative estimate of drug-likeness (QED) is 0.223. The fourth-order valence-electron chi connectivity index (χ4n) is 5.99. The summed E-state index contributed by atoms with van der Waals surface area (Å²) in [7, 11) is 1.36. The summed E-state index contributed by atoms with van der Waals surface area (Å²) in [6.07, 6.45) is 2.97. The minimum Gasteiger partial charge on any atom is -0.465 e. The van der Waals surface area contributed by atoms with Crippen LogP contribution in [0.2, 0.25) is 10.0 Å². The number of hydrogen-bond donors (Lipinski definition) is 1. The van der Waals surface area contributed by atoms with Crippen LogP contribution in [0, 0.1) is 0 Å². The fraction of sp³-hybridized carbons (Fsp3) is 0.188. The van der Waals surface area contributed by atoms with Crippen LogP contribution in [0.3, 0.4) is 0 Å². The number of halogens is 3. The third-order valence-corrected chi connectivity index (χ3v) is 8.68. The van der Waals surface area contributed by atoms with Gasteiger partial charge in [0.15, 0.2) is 0 Å². The van der Waals surface area contributed by atoms with Gasteiger partial charge in [0.25, 0.3) is 0 Å². The number of nitrogens with zero attached hydrogens (tertiary/aromatic N) is 1. The van der Waals surface area contributed by atoms with Gasteiger partial charge in [-0.3, -0.25) is 4.99 Å². The number of carbonyl (C=O) groups excluding carboxylic acids is 1. The molecule has 202 valence electrons. The maximum atomic E-state index is 11.9. The largest absolute Gasteiger partial charge is 0.465 e. The maximum Gasteiger partial charge on any atom is 0.337 e. The molecule has 0 amide bonds. The molecule has 8 heteroatoms. The van der Waals surface area contributed by atoms with Crippen molar-refractivity contribution in [2.75, 3.05) is 13.7 Å². The van der Waals surface area contributed by atoms with Gasteiger partial charge in [-0.1, -0.05) is 57.3 Å². The predicted molar refractivity (Wildman–Crippen MR) is 163 cm³/mol. The van der Waals surface area contributed by atoms with Crippen LogP contribution in [0.1, 0.15) is 45.4 Å². The summed E-state index contributed by atoms with van der Waals surface area (Å²) in [6.45, 7) is 0.792. The number of aliphatic imine (C=N–C) groups is 1. The lowest BCUT2D eigenvalue weighted by atomic mass is 9.60. The molecule has 0 aliphatic carbocycles. The number of hydrogen-bond acceptors (Lipinski definition) is 5. The smallest absolute Gasteiger partial charge is 0.337 e. The second-order valence-electron chi connectivity index (χ2n) is 9.94. The van der Waals surface area contributed by atoms with Gasteiger partial charge in [0, 0.05) is 32.2 Å². The van der Waals surface area contributed by atoms with Crippen molar-refractivity contribution in [1.29, 1.82) is 0 Å². The zero-order valence-corrected chi connectivity index (χ0v) is 24.6. The Labute approximate surface area is 251 Å². The summed E-state index contributed by atoms with van der Waals surface area (Å²) in [5.74, 6) is 1.01. The average Bonchev–Trinajstić information content (AvgIpc) is 3.32. The standard InChI is InChI=1S/C32H25BrCl2N2O3/c1-39-31(38)19-5-9-24(10-6-19)40-29-12-7-21(33)16-25(29)30-32(18-37-28-17-23(35)8-11-27(28)32)26(13-14-36-30)20-3-2-4-22(34)15-20/h2-12,15-18,26,30,36H,13-14H2,1H3/t26-,30-,32-/m1/s1. The lowest BCUT2D eigenvalue weighted by Crippen LogP contribution is -2.51. The number of fused-ring (bicyclic) bond motifs is 2. The van der Waals surface area contributed by atoms with Crippen LogP contribution in [0.4, 0.5) is 5.69 Å². The normalized spacial score (nSPS) is 21.3. The maximum absolute atomic E-state index is 11.9. The Kier molecular flexibility index (Phi) is 7.44. The molecule has 0 bridgehead atoms. The lowest BCUT2D eigenvalue weighted by molar-refractivity contribution is 0.0600. The van der Waals surface area contributed by atoms with Crippen molar-refractivity contribution in [2.24, 2.45) is 4.99 Å². The number of methoxy groups -OCH3 is 1. The first-order valence-corrected chi connectivity index (χ1v) is 14.4.